The number of hydrogen-bond donors (Lipinski definition) is 1. The van der Waals surface area contributed by atoms with Gasteiger partial charge in [0.25, 0.3) is 5.56 Å². The Labute approximate surface area is 226 Å². The first-order valence-electron chi connectivity index (χ1n) is 13.2. The number of fused-ring (bicyclic) bond motifs is 1. The van der Waals surface area contributed by atoms with Gasteiger partial charge in [0, 0.05) is 37.3 Å². The summed E-state index contributed by atoms with van der Waals surface area (Å²) >= 11 is 0. The van der Waals surface area contributed by atoms with Crippen LogP contribution in [0.1, 0.15) is 28.6 Å². The number of piperazine rings is 1. The fourth-order valence-corrected chi connectivity index (χ4v) is 5.42. The molecule has 1 N–H and O–H groups in total. The molecule has 1 fully saturated rings. The van der Waals surface area contributed by atoms with Crippen molar-refractivity contribution < 1.29 is 4.74 Å². The molecule has 6 rings (SSSR count). The van der Waals surface area contributed by atoms with E-state index < -0.39 is 6.04 Å². The molecule has 39 heavy (non-hydrogen) atoms. The maximum absolute atomic E-state index is 13.6. The van der Waals surface area contributed by atoms with Crippen molar-refractivity contribution in [1.82, 2.24) is 30.1 Å². The highest BCUT2D eigenvalue weighted by Crippen LogP contribution is 2.32. The Balaban J connectivity index is 1.38. The molecule has 2 aromatic heterocycles. The number of para-hydroxylation sites is 2. The summed E-state index contributed by atoms with van der Waals surface area (Å²) < 4.78 is 7.42. The largest absolute Gasteiger partial charge is 0.495 e. The van der Waals surface area contributed by atoms with Crippen LogP contribution in [0.2, 0.25) is 0 Å². The number of tetrazole rings is 1. The molecule has 3 heterocycles. The number of H-pyrrole nitrogens is 1. The van der Waals surface area contributed by atoms with Crippen LogP contribution in [0.15, 0.2) is 83.7 Å². The lowest BCUT2D eigenvalue weighted by molar-refractivity contribution is 0.200. The Bertz CT molecular complexity index is 1640. The van der Waals surface area contributed by atoms with Crippen molar-refractivity contribution in [3.63, 3.8) is 0 Å². The number of rotatable bonds is 7. The topological polar surface area (TPSA) is 92.2 Å². The molecule has 1 aliphatic heterocycles. The van der Waals surface area contributed by atoms with Crippen molar-refractivity contribution in [1.29, 1.82) is 0 Å². The zero-order valence-corrected chi connectivity index (χ0v) is 22.1. The number of aromatic amines is 1. The molecule has 198 valence electrons. The lowest BCUT2D eigenvalue weighted by Crippen LogP contribution is -2.49. The van der Waals surface area contributed by atoms with E-state index in [4.69, 9.17) is 4.74 Å². The Morgan fingerprint density at radius 3 is 2.51 bits per heavy atom. The molecule has 9 heteroatoms. The van der Waals surface area contributed by atoms with Gasteiger partial charge in [-0.1, -0.05) is 54.6 Å². The molecular formula is C30H31N7O2. The lowest BCUT2D eigenvalue weighted by atomic mass is 10.0. The Morgan fingerprint density at radius 1 is 0.949 bits per heavy atom. The average Bonchev–Trinajstić information content (AvgIpc) is 3.42. The van der Waals surface area contributed by atoms with E-state index in [0.29, 0.717) is 17.9 Å². The summed E-state index contributed by atoms with van der Waals surface area (Å²) in [4.78, 5) is 21.3. The molecule has 0 amide bonds. The predicted octanol–water partition coefficient (Wildman–Crippen LogP) is 3.79. The molecule has 0 aliphatic carbocycles. The SMILES string of the molecule is COc1ccccc1N1CCN([C@H](c2cc3ccc(C)cc3[nH]c2=O)c2nnnn2Cc2ccccc2)CC1. The van der Waals surface area contributed by atoms with E-state index in [2.05, 4.69) is 54.6 Å². The second kappa shape index (κ2) is 10.7. The van der Waals surface area contributed by atoms with Gasteiger partial charge in [-0.3, -0.25) is 9.69 Å². The molecule has 1 atom stereocenters. The van der Waals surface area contributed by atoms with Crippen molar-refractivity contribution in [3.05, 3.63) is 112 Å². The van der Waals surface area contributed by atoms with Crippen molar-refractivity contribution in [2.45, 2.75) is 19.5 Å². The second-order valence-corrected chi connectivity index (χ2v) is 9.92. The molecule has 5 aromatic rings. The Kier molecular flexibility index (Phi) is 6.81. The van der Waals surface area contributed by atoms with Crippen LogP contribution >= 0.6 is 0 Å². The first kappa shape index (κ1) is 24.8. The quantitative estimate of drug-likeness (QED) is 0.348. The van der Waals surface area contributed by atoms with Gasteiger partial charge in [-0.2, -0.15) is 0 Å². The van der Waals surface area contributed by atoms with E-state index in [1.165, 1.54) is 0 Å². The van der Waals surface area contributed by atoms with E-state index in [0.717, 1.165) is 59.6 Å². The summed E-state index contributed by atoms with van der Waals surface area (Å²) in [6, 6.07) is 25.9. The number of ether oxygens (including phenoxy) is 1. The molecular weight excluding hydrogens is 490 g/mol. The minimum Gasteiger partial charge on any atom is -0.495 e. The van der Waals surface area contributed by atoms with Crippen LogP contribution in [-0.4, -0.2) is 63.4 Å². The van der Waals surface area contributed by atoms with Crippen LogP contribution in [0, 0.1) is 6.92 Å². The third-order valence-electron chi connectivity index (χ3n) is 7.41. The predicted molar refractivity (Wildman–Crippen MR) is 151 cm³/mol. The molecule has 9 nitrogen and oxygen atoms in total. The van der Waals surface area contributed by atoms with Gasteiger partial charge >= 0.3 is 0 Å². The van der Waals surface area contributed by atoms with Crippen LogP contribution in [0.5, 0.6) is 5.75 Å². The minimum atomic E-state index is -0.405. The molecule has 0 bridgehead atoms. The average molecular weight is 522 g/mol. The molecule has 3 aromatic carbocycles. The maximum Gasteiger partial charge on any atom is 0.253 e. The zero-order valence-electron chi connectivity index (χ0n) is 22.1. The number of methoxy groups -OCH3 is 1. The van der Waals surface area contributed by atoms with Crippen molar-refractivity contribution in [2.24, 2.45) is 0 Å². The van der Waals surface area contributed by atoms with Gasteiger partial charge in [-0.25, -0.2) is 4.68 Å². The van der Waals surface area contributed by atoms with Gasteiger partial charge in [0.2, 0.25) is 0 Å². The van der Waals surface area contributed by atoms with Gasteiger partial charge < -0.3 is 14.6 Å². The smallest absolute Gasteiger partial charge is 0.253 e. The van der Waals surface area contributed by atoms with E-state index in [9.17, 15) is 4.79 Å². The zero-order chi connectivity index (χ0) is 26.8. The summed E-state index contributed by atoms with van der Waals surface area (Å²) in [7, 11) is 1.70. The normalized spacial score (nSPS) is 15.0. The molecule has 0 unspecified atom stereocenters. The van der Waals surface area contributed by atoms with Gasteiger partial charge in [-0.15, -0.1) is 5.10 Å². The van der Waals surface area contributed by atoms with E-state index in [1.807, 2.05) is 66.2 Å². The van der Waals surface area contributed by atoms with Gasteiger partial charge in [0.15, 0.2) is 5.82 Å². The van der Waals surface area contributed by atoms with Crippen LogP contribution in [0.4, 0.5) is 5.69 Å². The van der Waals surface area contributed by atoms with Gasteiger partial charge in [-0.05, 0) is 58.1 Å². The third-order valence-corrected chi connectivity index (χ3v) is 7.41. The second-order valence-electron chi connectivity index (χ2n) is 9.92. The first-order chi connectivity index (χ1) is 19.1. The number of nitrogens with one attached hydrogen (secondary N) is 1. The highest BCUT2D eigenvalue weighted by Gasteiger charge is 2.33. The number of benzene rings is 3. The Morgan fingerprint density at radius 2 is 1.72 bits per heavy atom. The molecule has 1 aliphatic rings. The number of hydrogen-bond acceptors (Lipinski definition) is 7. The standard InChI is InChI=1S/C30H31N7O2/c1-21-12-13-23-19-24(30(38)31-25(23)18-21)28(29-32-33-34-37(29)20-22-8-4-3-5-9-22)36-16-14-35(15-17-36)26-10-6-7-11-27(26)39-2/h3-13,18-19,28H,14-17,20H2,1-2H3,(H,31,38)/t28-/m1/s1. The van der Waals surface area contributed by atoms with Gasteiger partial charge in [0.05, 0.1) is 19.3 Å². The fraction of sp³-hybridized carbons (Fsp3) is 0.267. The van der Waals surface area contributed by atoms with Crippen LogP contribution < -0.4 is 15.2 Å². The van der Waals surface area contributed by atoms with Crippen molar-refractivity contribution in [2.75, 3.05) is 38.2 Å². The van der Waals surface area contributed by atoms with Crippen molar-refractivity contribution >= 4 is 16.6 Å². The van der Waals surface area contributed by atoms with Gasteiger partial charge in [0.1, 0.15) is 11.8 Å². The first-order valence-corrected chi connectivity index (χ1v) is 13.2. The van der Waals surface area contributed by atoms with Crippen molar-refractivity contribution in [3.8, 4) is 5.75 Å². The highest BCUT2D eigenvalue weighted by atomic mass is 16.5. The Hall–Kier alpha value is -4.50. The number of aryl methyl sites for hydroxylation is 1. The van der Waals surface area contributed by atoms with E-state index in [-0.39, 0.29) is 5.56 Å². The van der Waals surface area contributed by atoms with Crippen LogP contribution in [0.3, 0.4) is 0 Å². The van der Waals surface area contributed by atoms with E-state index >= 15 is 0 Å². The number of anilines is 1. The highest BCUT2D eigenvalue weighted by molar-refractivity contribution is 5.79. The summed E-state index contributed by atoms with van der Waals surface area (Å²) in [5.74, 6) is 1.51. The monoisotopic (exact) mass is 521 g/mol. The lowest BCUT2D eigenvalue weighted by Gasteiger charge is -2.40. The van der Waals surface area contributed by atoms with Crippen LogP contribution in [0.25, 0.3) is 10.9 Å². The van der Waals surface area contributed by atoms with Crippen LogP contribution in [-0.2, 0) is 6.54 Å². The maximum atomic E-state index is 13.6. The molecule has 0 radical (unpaired) electrons. The summed E-state index contributed by atoms with van der Waals surface area (Å²) in [6.45, 7) is 5.56. The summed E-state index contributed by atoms with van der Waals surface area (Å²) in [6.07, 6.45) is 0. The molecule has 1 saturated heterocycles. The summed E-state index contributed by atoms with van der Waals surface area (Å²) in [5, 5.41) is 13.8. The molecule has 0 spiro atoms. The number of nitrogens with zero attached hydrogens (tertiary/aromatic N) is 6. The summed E-state index contributed by atoms with van der Waals surface area (Å²) in [5.41, 5.74) is 4.60. The minimum absolute atomic E-state index is 0.125. The number of pyridine rings is 1. The third kappa shape index (κ3) is 5.00. The molecule has 0 saturated carbocycles. The fourth-order valence-electron chi connectivity index (χ4n) is 5.42. The van der Waals surface area contributed by atoms with E-state index in [1.54, 1.807) is 7.11 Å². The number of aromatic nitrogens is 5.